The Bertz CT molecular complexity index is 2180. The predicted octanol–water partition coefficient (Wildman–Crippen LogP) is 6.11. The normalized spacial score (nSPS) is 12.0. The lowest BCUT2D eigenvalue weighted by Gasteiger charge is -2.19. The van der Waals surface area contributed by atoms with Crippen LogP contribution in [0.2, 0.25) is 10.0 Å². The molecule has 6 aromatic rings. The van der Waals surface area contributed by atoms with Crippen molar-refractivity contribution in [3.8, 4) is 5.69 Å². The van der Waals surface area contributed by atoms with Gasteiger partial charge in [0.05, 0.1) is 43.5 Å². The molecule has 3 N–H and O–H groups in total. The van der Waals surface area contributed by atoms with Crippen molar-refractivity contribution < 1.29 is 23.5 Å². The molecule has 0 unspecified atom stereocenters. The van der Waals surface area contributed by atoms with Gasteiger partial charge in [-0.2, -0.15) is 0 Å². The number of halogens is 4. The fourth-order valence-electron chi connectivity index (χ4n) is 4.93. The summed E-state index contributed by atoms with van der Waals surface area (Å²) in [5.41, 5.74) is 1.25. The number of rotatable bonds is 7. The van der Waals surface area contributed by atoms with Gasteiger partial charge in [0.15, 0.2) is 0 Å². The summed E-state index contributed by atoms with van der Waals surface area (Å²) in [4.78, 5) is 48.8. The first kappa shape index (κ1) is 29.0. The van der Waals surface area contributed by atoms with E-state index in [9.17, 15) is 28.3 Å². The summed E-state index contributed by atoms with van der Waals surface area (Å²) >= 11 is 12.6. The number of aromatic amines is 1. The van der Waals surface area contributed by atoms with Crippen LogP contribution in [0.1, 0.15) is 38.0 Å². The number of carbonyl (C=O) groups is 2. The molecule has 0 aliphatic rings. The van der Waals surface area contributed by atoms with Gasteiger partial charge in [-0.1, -0.05) is 35.3 Å². The first-order chi connectivity index (χ1) is 21.1. The smallest absolute Gasteiger partial charge is 0.335 e. The van der Waals surface area contributed by atoms with Crippen LogP contribution in [0, 0.1) is 11.6 Å². The maximum atomic E-state index is 14.7. The highest BCUT2D eigenvalue weighted by atomic mass is 35.5. The quantitative estimate of drug-likeness (QED) is 0.195. The minimum absolute atomic E-state index is 0.0104. The van der Waals surface area contributed by atoms with E-state index in [4.69, 9.17) is 23.2 Å². The predicted molar refractivity (Wildman–Crippen MR) is 161 cm³/mol. The van der Waals surface area contributed by atoms with Crippen molar-refractivity contribution in [3.63, 3.8) is 0 Å². The molecule has 9 nitrogen and oxygen atoms in total. The third-order valence-corrected chi connectivity index (χ3v) is 7.72. The first-order valence-electron chi connectivity index (χ1n) is 13.0. The Morgan fingerprint density at radius 2 is 1.82 bits per heavy atom. The van der Waals surface area contributed by atoms with Crippen LogP contribution in [0.3, 0.4) is 0 Å². The second kappa shape index (κ2) is 11.5. The molecule has 220 valence electrons. The molecule has 0 saturated heterocycles. The average Bonchev–Trinajstić information content (AvgIpc) is 3.42. The van der Waals surface area contributed by atoms with E-state index in [1.807, 2.05) is 0 Å². The van der Waals surface area contributed by atoms with Crippen LogP contribution in [0.25, 0.3) is 27.6 Å². The van der Waals surface area contributed by atoms with Gasteiger partial charge in [-0.25, -0.2) is 23.5 Å². The molecule has 0 aliphatic heterocycles. The van der Waals surface area contributed by atoms with E-state index in [0.29, 0.717) is 22.3 Å². The molecule has 0 radical (unpaired) electrons. The fourth-order valence-corrected chi connectivity index (χ4v) is 5.43. The molecule has 6 rings (SSSR count). The molecule has 44 heavy (non-hydrogen) atoms. The summed E-state index contributed by atoms with van der Waals surface area (Å²) in [6.07, 6.45) is 1.51. The number of nitrogens with one attached hydrogen (secondary N) is 2. The Morgan fingerprint density at radius 3 is 2.57 bits per heavy atom. The molecular formula is C31H19Cl2F2N5O4. The summed E-state index contributed by atoms with van der Waals surface area (Å²) < 4.78 is 30.5. The molecule has 4 aromatic carbocycles. The lowest BCUT2D eigenvalue weighted by molar-refractivity contribution is 0.0696. The standard InChI is InChI=1S/C31H19Cl2F2N5O4/c32-21-7-8-23(35)27-26(21)30(42)39-28(38-27)20(15-2-1-3-17(34)10-15)13-36-29(41)19-6-5-18(12-22(19)33)40-14-37-24-9-4-16(31(43)44)11-25(24)40/h1-12,14,20H,13H2,(H,36,41)(H,43,44)(H,38,39,42)/t20-/m0/s1. The molecular weight excluding hydrogens is 615 g/mol. The minimum Gasteiger partial charge on any atom is -0.478 e. The largest absolute Gasteiger partial charge is 0.478 e. The average molecular weight is 634 g/mol. The van der Waals surface area contributed by atoms with Gasteiger partial charge in [-0.05, 0) is 66.2 Å². The van der Waals surface area contributed by atoms with Gasteiger partial charge in [0, 0.05) is 12.2 Å². The van der Waals surface area contributed by atoms with Crippen molar-refractivity contribution in [1.29, 1.82) is 0 Å². The number of H-pyrrole nitrogens is 1. The second-order valence-corrected chi connectivity index (χ2v) is 10.6. The number of carboxylic acids is 1. The Labute approximate surface area is 256 Å². The zero-order chi connectivity index (χ0) is 31.1. The number of benzene rings is 4. The van der Waals surface area contributed by atoms with Gasteiger partial charge in [-0.3, -0.25) is 14.2 Å². The number of hydrogen-bond donors (Lipinski definition) is 3. The summed E-state index contributed by atoms with van der Waals surface area (Å²) in [5.74, 6) is -3.89. The molecule has 0 saturated carbocycles. The summed E-state index contributed by atoms with van der Waals surface area (Å²) in [5, 5.41) is 12.1. The van der Waals surface area contributed by atoms with Gasteiger partial charge >= 0.3 is 5.97 Å². The minimum atomic E-state index is -1.09. The van der Waals surface area contributed by atoms with Gasteiger partial charge in [-0.15, -0.1) is 0 Å². The number of aromatic carboxylic acids is 1. The van der Waals surface area contributed by atoms with Crippen LogP contribution in [0.4, 0.5) is 8.78 Å². The fraction of sp³-hybridized carbons (Fsp3) is 0.0645. The maximum absolute atomic E-state index is 14.7. The Morgan fingerprint density at radius 1 is 1.00 bits per heavy atom. The number of hydrogen-bond acceptors (Lipinski definition) is 5. The summed E-state index contributed by atoms with van der Waals surface area (Å²) in [6.45, 7) is -0.166. The van der Waals surface area contributed by atoms with Crippen LogP contribution in [0.5, 0.6) is 0 Å². The molecule has 2 aromatic heterocycles. The number of fused-ring (bicyclic) bond motifs is 2. The number of aromatic nitrogens is 4. The summed E-state index contributed by atoms with van der Waals surface area (Å²) in [6, 6.07) is 17.0. The molecule has 0 spiro atoms. The third kappa shape index (κ3) is 5.38. The molecule has 0 bridgehead atoms. The highest BCUT2D eigenvalue weighted by molar-refractivity contribution is 6.35. The number of nitrogens with zero attached hydrogens (tertiary/aromatic N) is 3. The van der Waals surface area contributed by atoms with Crippen LogP contribution in [-0.4, -0.2) is 43.0 Å². The Hall–Kier alpha value is -5.13. The Kier molecular flexibility index (Phi) is 7.58. The van der Waals surface area contributed by atoms with Gasteiger partial charge in [0.2, 0.25) is 0 Å². The van der Waals surface area contributed by atoms with E-state index < -0.39 is 35.0 Å². The number of carbonyl (C=O) groups excluding carboxylic acids is 1. The molecule has 2 heterocycles. The van der Waals surface area contributed by atoms with E-state index in [2.05, 4.69) is 20.3 Å². The van der Waals surface area contributed by atoms with Crippen molar-refractivity contribution in [2.75, 3.05) is 6.54 Å². The van der Waals surface area contributed by atoms with E-state index >= 15 is 0 Å². The first-order valence-corrected chi connectivity index (χ1v) is 13.8. The SMILES string of the molecule is O=C(O)c1ccc2ncn(-c3ccc(C(=O)NC[C@@H](c4cccc(F)c4)c4nc5c(F)ccc(Cl)c5c(=O)[nH]4)c(Cl)c3)c2c1. The van der Waals surface area contributed by atoms with Crippen LogP contribution >= 0.6 is 23.2 Å². The van der Waals surface area contributed by atoms with Crippen LogP contribution in [-0.2, 0) is 0 Å². The van der Waals surface area contributed by atoms with E-state index in [0.717, 1.165) is 6.07 Å². The monoisotopic (exact) mass is 633 g/mol. The highest BCUT2D eigenvalue weighted by Crippen LogP contribution is 2.28. The lowest BCUT2D eigenvalue weighted by atomic mass is 9.97. The van der Waals surface area contributed by atoms with Crippen LogP contribution in [0.15, 0.2) is 83.9 Å². The van der Waals surface area contributed by atoms with E-state index in [1.54, 1.807) is 22.8 Å². The third-order valence-electron chi connectivity index (χ3n) is 7.10. The topological polar surface area (TPSA) is 130 Å². The lowest BCUT2D eigenvalue weighted by Crippen LogP contribution is -2.31. The zero-order valence-electron chi connectivity index (χ0n) is 22.3. The molecule has 13 heteroatoms. The van der Waals surface area contributed by atoms with Gasteiger partial charge in [0.1, 0.15) is 29.3 Å². The number of carboxylic acid groups (broad SMARTS) is 1. The van der Waals surface area contributed by atoms with Crippen LogP contribution < -0.4 is 10.9 Å². The van der Waals surface area contributed by atoms with Crippen molar-refractivity contribution in [2.24, 2.45) is 0 Å². The second-order valence-electron chi connectivity index (χ2n) is 9.81. The molecule has 1 amide bonds. The van der Waals surface area contributed by atoms with E-state index in [-0.39, 0.29) is 44.4 Å². The molecule has 1 atom stereocenters. The zero-order valence-corrected chi connectivity index (χ0v) is 23.8. The maximum Gasteiger partial charge on any atom is 0.335 e. The molecule has 0 fully saturated rings. The van der Waals surface area contributed by atoms with E-state index in [1.165, 1.54) is 54.9 Å². The van der Waals surface area contributed by atoms with Crippen molar-refractivity contribution in [3.05, 3.63) is 134 Å². The van der Waals surface area contributed by atoms with Crippen molar-refractivity contribution in [2.45, 2.75) is 5.92 Å². The number of amides is 1. The van der Waals surface area contributed by atoms with Crippen molar-refractivity contribution >= 4 is 57.0 Å². The van der Waals surface area contributed by atoms with Gasteiger partial charge < -0.3 is 15.4 Å². The Balaban J connectivity index is 1.31. The van der Waals surface area contributed by atoms with Crippen molar-refractivity contribution in [1.82, 2.24) is 24.8 Å². The highest BCUT2D eigenvalue weighted by Gasteiger charge is 2.23. The summed E-state index contributed by atoms with van der Waals surface area (Å²) in [7, 11) is 0. The molecule has 0 aliphatic carbocycles. The van der Waals surface area contributed by atoms with Gasteiger partial charge in [0.25, 0.3) is 11.5 Å². The number of imidazole rings is 1.